The molecule has 2 rings (SSSR count). The largest absolute Gasteiger partial charge is 0.423 e. The summed E-state index contributed by atoms with van der Waals surface area (Å²) in [5.41, 5.74) is 1.00. The van der Waals surface area contributed by atoms with Gasteiger partial charge >= 0.3 is 5.97 Å². The highest BCUT2D eigenvalue weighted by atomic mass is 19.1. The summed E-state index contributed by atoms with van der Waals surface area (Å²) in [5.74, 6) is -0.861. The third kappa shape index (κ3) is 2.69. The molecular weight excluding hydrogens is 219 g/mol. The third-order valence-corrected chi connectivity index (χ3v) is 2.33. The van der Waals surface area contributed by atoms with Crippen molar-refractivity contribution in [3.8, 4) is 5.75 Å². The molecule has 2 nitrogen and oxygen atoms in total. The zero-order valence-corrected chi connectivity index (χ0v) is 9.31. The number of aryl methyl sites for hydroxylation is 1. The summed E-state index contributed by atoms with van der Waals surface area (Å²) < 4.78 is 18.4. The maximum atomic E-state index is 13.3. The number of hydrogen-bond donors (Lipinski definition) is 0. The van der Waals surface area contributed by atoms with Crippen LogP contribution in [0.3, 0.4) is 0 Å². The van der Waals surface area contributed by atoms with Gasteiger partial charge in [0.15, 0.2) is 0 Å². The average Bonchev–Trinajstić information content (AvgIpc) is 2.32. The van der Waals surface area contributed by atoms with Gasteiger partial charge in [0.25, 0.3) is 0 Å². The molecule has 2 aromatic rings. The minimum absolute atomic E-state index is 0.0620. The van der Waals surface area contributed by atoms with Gasteiger partial charge in [-0.2, -0.15) is 0 Å². The molecule has 0 N–H and O–H groups in total. The van der Waals surface area contributed by atoms with E-state index in [0.29, 0.717) is 5.75 Å². The van der Waals surface area contributed by atoms with E-state index in [1.54, 1.807) is 18.2 Å². The van der Waals surface area contributed by atoms with E-state index in [1.165, 1.54) is 18.2 Å². The number of esters is 1. The summed E-state index contributed by atoms with van der Waals surface area (Å²) in [4.78, 5) is 11.7. The fourth-order valence-corrected chi connectivity index (χ4v) is 1.40. The summed E-state index contributed by atoms with van der Waals surface area (Å²) in [6.07, 6.45) is 0. The second-order valence-corrected chi connectivity index (χ2v) is 3.68. The number of hydrogen-bond acceptors (Lipinski definition) is 2. The number of benzene rings is 2. The third-order valence-electron chi connectivity index (χ3n) is 2.33. The normalized spacial score (nSPS) is 10.0. The van der Waals surface area contributed by atoms with Crippen LogP contribution in [0.1, 0.15) is 15.9 Å². The van der Waals surface area contributed by atoms with Crippen molar-refractivity contribution in [3.63, 3.8) is 0 Å². The number of carbonyl (C=O) groups excluding carboxylic acids is 1. The molecule has 2 aromatic carbocycles. The molecule has 0 saturated carbocycles. The first-order valence-corrected chi connectivity index (χ1v) is 5.20. The lowest BCUT2D eigenvalue weighted by Gasteiger charge is -2.05. The van der Waals surface area contributed by atoms with Crippen LogP contribution in [0.25, 0.3) is 0 Å². The molecule has 0 radical (unpaired) electrons. The first kappa shape index (κ1) is 11.3. The smallest absolute Gasteiger partial charge is 0.346 e. The zero-order chi connectivity index (χ0) is 12.3. The van der Waals surface area contributed by atoms with Gasteiger partial charge in [0, 0.05) is 0 Å². The van der Waals surface area contributed by atoms with E-state index in [9.17, 15) is 9.18 Å². The molecule has 0 aliphatic heterocycles. The number of carbonyl (C=O) groups is 1. The summed E-state index contributed by atoms with van der Waals surface area (Å²) >= 11 is 0. The maximum absolute atomic E-state index is 13.3. The first-order valence-electron chi connectivity index (χ1n) is 5.20. The van der Waals surface area contributed by atoms with Crippen molar-refractivity contribution < 1.29 is 13.9 Å². The number of rotatable bonds is 2. The maximum Gasteiger partial charge on any atom is 0.346 e. The van der Waals surface area contributed by atoms with E-state index < -0.39 is 11.8 Å². The van der Waals surface area contributed by atoms with Gasteiger partial charge in [0.05, 0.1) is 5.56 Å². The molecule has 0 amide bonds. The lowest BCUT2D eigenvalue weighted by Crippen LogP contribution is -2.10. The van der Waals surface area contributed by atoms with Crippen molar-refractivity contribution in [3.05, 3.63) is 65.5 Å². The van der Waals surface area contributed by atoms with Crippen LogP contribution in [0.5, 0.6) is 5.75 Å². The molecule has 0 saturated heterocycles. The predicted octanol–water partition coefficient (Wildman–Crippen LogP) is 3.35. The second-order valence-electron chi connectivity index (χ2n) is 3.68. The predicted molar refractivity (Wildman–Crippen MR) is 62.5 cm³/mol. The minimum atomic E-state index is -0.688. The van der Waals surface area contributed by atoms with E-state index in [0.717, 1.165) is 5.56 Å². The lowest BCUT2D eigenvalue weighted by atomic mass is 10.2. The van der Waals surface area contributed by atoms with Crippen molar-refractivity contribution in [2.24, 2.45) is 0 Å². The quantitative estimate of drug-likeness (QED) is 0.584. The van der Waals surface area contributed by atoms with Crippen LogP contribution in [0, 0.1) is 12.7 Å². The number of ether oxygens (including phenoxy) is 1. The van der Waals surface area contributed by atoms with Gasteiger partial charge < -0.3 is 4.74 Å². The van der Waals surface area contributed by atoms with Gasteiger partial charge in [0.1, 0.15) is 11.6 Å². The molecule has 0 fully saturated rings. The Kier molecular flexibility index (Phi) is 3.19. The van der Waals surface area contributed by atoms with Crippen LogP contribution in [0.15, 0.2) is 48.5 Å². The first-order chi connectivity index (χ1) is 8.16. The Bertz CT molecular complexity index is 532. The van der Waals surface area contributed by atoms with E-state index >= 15 is 0 Å². The molecule has 0 spiro atoms. The zero-order valence-electron chi connectivity index (χ0n) is 9.31. The highest BCUT2D eigenvalue weighted by molar-refractivity contribution is 5.91. The lowest BCUT2D eigenvalue weighted by molar-refractivity contribution is 0.0730. The SMILES string of the molecule is Cc1ccc(OC(=O)c2ccccc2F)cc1. The van der Waals surface area contributed by atoms with Gasteiger partial charge in [-0.25, -0.2) is 9.18 Å². The standard InChI is InChI=1S/C14H11FO2/c1-10-6-8-11(9-7-10)17-14(16)12-4-2-3-5-13(12)15/h2-9H,1H3. The highest BCUT2D eigenvalue weighted by Gasteiger charge is 2.12. The molecule has 17 heavy (non-hydrogen) atoms. The van der Waals surface area contributed by atoms with Crippen LogP contribution in [0.4, 0.5) is 4.39 Å². The van der Waals surface area contributed by atoms with Crippen LogP contribution in [-0.2, 0) is 0 Å². The summed E-state index contributed by atoms with van der Waals surface area (Å²) in [7, 11) is 0. The monoisotopic (exact) mass is 230 g/mol. The molecule has 3 heteroatoms. The molecule has 0 atom stereocenters. The molecule has 0 heterocycles. The van der Waals surface area contributed by atoms with Crippen molar-refractivity contribution in [1.82, 2.24) is 0 Å². The van der Waals surface area contributed by atoms with E-state index in [2.05, 4.69) is 0 Å². The molecule has 0 aliphatic rings. The van der Waals surface area contributed by atoms with Crippen LogP contribution < -0.4 is 4.74 Å². The summed E-state index contributed by atoms with van der Waals surface area (Å²) in [5, 5.41) is 0. The fourth-order valence-electron chi connectivity index (χ4n) is 1.40. The topological polar surface area (TPSA) is 26.3 Å². The Labute approximate surface area is 98.7 Å². The van der Waals surface area contributed by atoms with Gasteiger partial charge in [0.2, 0.25) is 0 Å². The van der Waals surface area contributed by atoms with E-state index in [-0.39, 0.29) is 5.56 Å². The van der Waals surface area contributed by atoms with Crippen molar-refractivity contribution in [2.45, 2.75) is 6.92 Å². The van der Waals surface area contributed by atoms with Crippen molar-refractivity contribution in [1.29, 1.82) is 0 Å². The van der Waals surface area contributed by atoms with Gasteiger partial charge in [-0.3, -0.25) is 0 Å². The molecule has 0 unspecified atom stereocenters. The van der Waals surface area contributed by atoms with Gasteiger partial charge in [-0.1, -0.05) is 29.8 Å². The van der Waals surface area contributed by atoms with Crippen LogP contribution >= 0.6 is 0 Å². The van der Waals surface area contributed by atoms with Crippen LogP contribution in [-0.4, -0.2) is 5.97 Å². The van der Waals surface area contributed by atoms with Gasteiger partial charge in [-0.15, -0.1) is 0 Å². The molecule has 0 aliphatic carbocycles. The number of halogens is 1. The molecule has 0 aromatic heterocycles. The Morgan fingerprint density at radius 2 is 1.71 bits per heavy atom. The Morgan fingerprint density at radius 1 is 1.06 bits per heavy atom. The second kappa shape index (κ2) is 4.78. The Morgan fingerprint density at radius 3 is 2.35 bits per heavy atom. The summed E-state index contributed by atoms with van der Waals surface area (Å²) in [6, 6.07) is 12.7. The minimum Gasteiger partial charge on any atom is -0.423 e. The highest BCUT2D eigenvalue weighted by Crippen LogP contribution is 2.15. The Balaban J connectivity index is 2.17. The molecule has 86 valence electrons. The van der Waals surface area contributed by atoms with Crippen molar-refractivity contribution >= 4 is 5.97 Å². The van der Waals surface area contributed by atoms with E-state index in [4.69, 9.17) is 4.74 Å². The van der Waals surface area contributed by atoms with Crippen molar-refractivity contribution in [2.75, 3.05) is 0 Å². The van der Waals surface area contributed by atoms with Gasteiger partial charge in [-0.05, 0) is 31.2 Å². The molecule has 0 bridgehead atoms. The summed E-state index contributed by atoms with van der Waals surface area (Å²) in [6.45, 7) is 1.93. The van der Waals surface area contributed by atoms with E-state index in [1.807, 2.05) is 19.1 Å². The van der Waals surface area contributed by atoms with Crippen LogP contribution in [0.2, 0.25) is 0 Å². The molecular formula is C14H11FO2. The average molecular weight is 230 g/mol. The fraction of sp³-hybridized carbons (Fsp3) is 0.0714. The Hall–Kier alpha value is -2.16.